The molecule has 1 aliphatic rings. The Hall–Kier alpha value is -1.32. The van der Waals surface area contributed by atoms with Gasteiger partial charge < -0.3 is 10.2 Å². The van der Waals surface area contributed by atoms with Gasteiger partial charge in [0.2, 0.25) is 11.8 Å². The Labute approximate surface area is 122 Å². The first kappa shape index (κ1) is 16.7. The number of carbonyl (C=O) groups is 2. The third-order valence-corrected chi connectivity index (χ3v) is 3.60. The lowest BCUT2D eigenvalue weighted by Crippen LogP contribution is -2.69. The van der Waals surface area contributed by atoms with Crippen molar-refractivity contribution in [1.82, 2.24) is 10.2 Å². The highest BCUT2D eigenvalue weighted by Crippen LogP contribution is 2.32. The fraction of sp³-hybridized carbons (Fsp3) is 0.750. The summed E-state index contributed by atoms with van der Waals surface area (Å²) in [6, 6.07) is -0.886. The number of carbonyl (C=O) groups excluding carboxylic acids is 2. The van der Waals surface area contributed by atoms with Crippen LogP contribution in [0, 0.1) is 10.8 Å². The highest BCUT2D eigenvalue weighted by Gasteiger charge is 2.48. The quantitative estimate of drug-likeness (QED) is 0.789. The molecule has 0 spiro atoms. The van der Waals surface area contributed by atoms with Gasteiger partial charge >= 0.3 is 0 Å². The molecule has 0 saturated carbocycles. The highest BCUT2D eigenvalue weighted by molar-refractivity contribution is 5.98. The van der Waals surface area contributed by atoms with Crippen LogP contribution >= 0.6 is 0 Å². The van der Waals surface area contributed by atoms with E-state index >= 15 is 0 Å². The average molecular weight is 280 g/mol. The predicted octanol–water partition coefficient (Wildman–Crippen LogP) is 2.35. The van der Waals surface area contributed by atoms with Crippen molar-refractivity contribution in [3.05, 3.63) is 12.2 Å². The van der Waals surface area contributed by atoms with Crippen molar-refractivity contribution in [3.8, 4) is 0 Å². The summed E-state index contributed by atoms with van der Waals surface area (Å²) in [6.45, 7) is 14.3. The number of hydrogen-bond acceptors (Lipinski definition) is 2. The van der Waals surface area contributed by atoms with E-state index in [2.05, 4.69) is 5.32 Å². The highest BCUT2D eigenvalue weighted by atomic mass is 16.2. The Balaban J connectivity index is 3.18. The van der Waals surface area contributed by atoms with Crippen LogP contribution in [0.1, 0.15) is 48.5 Å². The molecule has 1 heterocycles. The molecule has 114 valence electrons. The first-order valence-corrected chi connectivity index (χ1v) is 7.22. The summed E-state index contributed by atoms with van der Waals surface area (Å²) in [4.78, 5) is 27.0. The molecule has 0 aliphatic carbocycles. The molecule has 2 unspecified atom stereocenters. The third-order valence-electron chi connectivity index (χ3n) is 3.60. The van der Waals surface area contributed by atoms with E-state index in [0.717, 1.165) is 0 Å². The lowest BCUT2D eigenvalue weighted by atomic mass is 9.79. The lowest BCUT2D eigenvalue weighted by molar-refractivity contribution is -0.156. The van der Waals surface area contributed by atoms with Crippen molar-refractivity contribution >= 4 is 11.8 Å². The van der Waals surface area contributed by atoms with Gasteiger partial charge in [0.1, 0.15) is 12.1 Å². The van der Waals surface area contributed by atoms with Crippen molar-refractivity contribution in [1.29, 1.82) is 0 Å². The number of hydrogen-bond donors (Lipinski definition) is 1. The van der Waals surface area contributed by atoms with Gasteiger partial charge in [0.05, 0.1) is 0 Å². The Morgan fingerprint density at radius 1 is 1.10 bits per heavy atom. The molecule has 0 radical (unpaired) electrons. The molecule has 1 fully saturated rings. The van der Waals surface area contributed by atoms with Gasteiger partial charge in [-0.05, 0) is 17.8 Å². The summed E-state index contributed by atoms with van der Waals surface area (Å²) in [5.74, 6) is -0.0448. The Bertz CT molecular complexity index is 413. The standard InChI is InChI=1S/C16H28N2O2/c1-8-9-10-18-12(16(5,6)7)13(19)17-11(14(18)20)15(2,3)4/h8-9,11-12H,10H2,1-7H3,(H,17,19)/b9-8+. The maximum absolute atomic E-state index is 12.8. The fourth-order valence-corrected chi connectivity index (χ4v) is 2.58. The first-order chi connectivity index (χ1) is 9.00. The SMILES string of the molecule is C/C=C/CN1C(=O)C(C(C)(C)C)NC(=O)C1C(C)(C)C. The van der Waals surface area contributed by atoms with E-state index in [4.69, 9.17) is 0 Å². The molecular weight excluding hydrogens is 252 g/mol. The number of rotatable bonds is 2. The second kappa shape index (κ2) is 5.58. The zero-order valence-electron chi connectivity index (χ0n) is 13.8. The molecule has 1 N–H and O–H groups in total. The van der Waals surface area contributed by atoms with Crippen molar-refractivity contribution in [3.63, 3.8) is 0 Å². The van der Waals surface area contributed by atoms with Gasteiger partial charge in [0.15, 0.2) is 0 Å². The molecule has 0 aromatic carbocycles. The smallest absolute Gasteiger partial charge is 0.246 e. The molecular formula is C16H28N2O2. The van der Waals surface area contributed by atoms with Crippen LogP contribution < -0.4 is 5.32 Å². The van der Waals surface area contributed by atoms with Crippen molar-refractivity contribution in [2.75, 3.05) is 6.54 Å². The lowest BCUT2D eigenvalue weighted by Gasteiger charge is -2.47. The monoisotopic (exact) mass is 280 g/mol. The molecule has 2 atom stereocenters. The van der Waals surface area contributed by atoms with E-state index in [1.165, 1.54) is 0 Å². The van der Waals surface area contributed by atoms with Crippen molar-refractivity contribution in [2.24, 2.45) is 10.8 Å². The molecule has 0 aromatic rings. The normalized spacial score (nSPS) is 25.2. The van der Waals surface area contributed by atoms with E-state index in [1.54, 1.807) is 4.90 Å². The van der Waals surface area contributed by atoms with Crippen LogP contribution in [0.5, 0.6) is 0 Å². The van der Waals surface area contributed by atoms with Crippen LogP contribution in [0.2, 0.25) is 0 Å². The Kier molecular flexibility index (Phi) is 4.67. The summed E-state index contributed by atoms with van der Waals surface area (Å²) < 4.78 is 0. The zero-order chi connectivity index (χ0) is 15.7. The minimum atomic E-state index is -0.459. The average Bonchev–Trinajstić information content (AvgIpc) is 2.26. The molecule has 0 bridgehead atoms. The molecule has 1 rings (SSSR count). The second-order valence-electron chi connectivity index (χ2n) is 7.64. The summed E-state index contributed by atoms with van der Waals surface area (Å²) in [5, 5.41) is 2.91. The third kappa shape index (κ3) is 3.41. The minimum Gasteiger partial charge on any atom is -0.342 e. The van der Waals surface area contributed by atoms with E-state index in [1.807, 2.05) is 60.6 Å². The fourth-order valence-electron chi connectivity index (χ4n) is 2.58. The Morgan fingerprint density at radius 2 is 1.65 bits per heavy atom. The van der Waals surface area contributed by atoms with Gasteiger partial charge in [-0.15, -0.1) is 0 Å². The van der Waals surface area contributed by atoms with Gasteiger partial charge in [-0.25, -0.2) is 0 Å². The van der Waals surface area contributed by atoms with E-state index < -0.39 is 12.1 Å². The largest absolute Gasteiger partial charge is 0.342 e. The van der Waals surface area contributed by atoms with E-state index in [9.17, 15) is 9.59 Å². The summed E-state index contributed by atoms with van der Waals surface area (Å²) in [5.41, 5.74) is -0.575. The van der Waals surface area contributed by atoms with Gasteiger partial charge in [0.25, 0.3) is 0 Å². The number of nitrogens with zero attached hydrogens (tertiary/aromatic N) is 1. The van der Waals surface area contributed by atoms with Crippen LogP contribution in [0.3, 0.4) is 0 Å². The molecule has 0 aromatic heterocycles. The number of piperazine rings is 1. The number of allylic oxidation sites excluding steroid dienone is 1. The number of nitrogens with one attached hydrogen (secondary N) is 1. The van der Waals surface area contributed by atoms with Crippen LogP contribution in [-0.2, 0) is 9.59 Å². The van der Waals surface area contributed by atoms with E-state index in [-0.39, 0.29) is 22.6 Å². The van der Waals surface area contributed by atoms with Gasteiger partial charge in [0, 0.05) is 6.54 Å². The molecule has 2 amide bonds. The summed E-state index contributed by atoms with van der Waals surface area (Å²) >= 11 is 0. The topological polar surface area (TPSA) is 49.4 Å². The van der Waals surface area contributed by atoms with Crippen LogP contribution in [-0.4, -0.2) is 35.3 Å². The second-order valence-corrected chi connectivity index (χ2v) is 7.64. The Morgan fingerprint density at radius 3 is 2.05 bits per heavy atom. The molecule has 20 heavy (non-hydrogen) atoms. The van der Waals surface area contributed by atoms with Crippen molar-refractivity contribution < 1.29 is 9.59 Å². The molecule has 4 nitrogen and oxygen atoms in total. The van der Waals surface area contributed by atoms with E-state index in [0.29, 0.717) is 6.54 Å². The number of amides is 2. The first-order valence-electron chi connectivity index (χ1n) is 7.22. The van der Waals surface area contributed by atoms with Crippen LogP contribution in [0.4, 0.5) is 0 Å². The van der Waals surface area contributed by atoms with Gasteiger partial charge in [-0.3, -0.25) is 9.59 Å². The maximum Gasteiger partial charge on any atom is 0.246 e. The van der Waals surface area contributed by atoms with Crippen LogP contribution in [0.25, 0.3) is 0 Å². The minimum absolute atomic E-state index is 0.00938. The van der Waals surface area contributed by atoms with Gasteiger partial charge in [-0.2, -0.15) is 0 Å². The predicted molar refractivity (Wildman–Crippen MR) is 81.2 cm³/mol. The molecule has 1 saturated heterocycles. The van der Waals surface area contributed by atoms with Crippen molar-refractivity contribution in [2.45, 2.75) is 60.5 Å². The zero-order valence-corrected chi connectivity index (χ0v) is 13.8. The molecule has 1 aliphatic heterocycles. The summed E-state index contributed by atoms with van der Waals surface area (Å²) in [7, 11) is 0. The summed E-state index contributed by atoms with van der Waals surface area (Å²) in [6.07, 6.45) is 3.83. The molecule has 4 heteroatoms. The van der Waals surface area contributed by atoms with Gasteiger partial charge in [-0.1, -0.05) is 53.7 Å². The van der Waals surface area contributed by atoms with Crippen LogP contribution in [0.15, 0.2) is 12.2 Å². The maximum atomic E-state index is 12.8.